The van der Waals surface area contributed by atoms with Crippen molar-refractivity contribution in [2.75, 3.05) is 5.32 Å². The summed E-state index contributed by atoms with van der Waals surface area (Å²) in [5, 5.41) is 2.25. The molecule has 8 heteroatoms. The molecule has 1 aromatic carbocycles. The van der Waals surface area contributed by atoms with Crippen LogP contribution in [-0.4, -0.2) is 15.5 Å². The van der Waals surface area contributed by atoms with Gasteiger partial charge in [0.2, 0.25) is 5.91 Å². The maximum atomic E-state index is 12.9. The molecule has 0 unspecified atom stereocenters. The minimum atomic E-state index is -4.55. The monoisotopic (exact) mass is 327 g/mol. The number of hydrogen-bond acceptors (Lipinski definition) is 2. The number of aromatic nitrogens is 2. The molecule has 0 atom stereocenters. The quantitative estimate of drug-likeness (QED) is 0.907. The fourth-order valence-corrected chi connectivity index (χ4v) is 2.21. The van der Waals surface area contributed by atoms with E-state index in [2.05, 4.69) is 10.3 Å². The van der Waals surface area contributed by atoms with Crippen molar-refractivity contribution in [3.05, 3.63) is 51.7 Å². The van der Waals surface area contributed by atoms with Crippen LogP contribution in [0, 0.1) is 13.8 Å². The van der Waals surface area contributed by atoms with Gasteiger partial charge >= 0.3 is 11.9 Å². The molecule has 23 heavy (non-hydrogen) atoms. The van der Waals surface area contributed by atoms with E-state index in [-0.39, 0.29) is 24.3 Å². The molecule has 0 saturated heterocycles. The predicted octanol–water partition coefficient (Wildman–Crippen LogP) is 2.84. The summed E-state index contributed by atoms with van der Waals surface area (Å²) in [6.45, 7) is 3.55. The maximum Gasteiger partial charge on any atom is 0.418 e. The molecule has 124 valence electrons. The average molecular weight is 327 g/mol. The smallest absolute Gasteiger partial charge is 0.325 e. The van der Waals surface area contributed by atoms with Crippen molar-refractivity contribution in [3.8, 4) is 0 Å². The highest BCUT2D eigenvalue weighted by atomic mass is 19.4. The van der Waals surface area contributed by atoms with Gasteiger partial charge in [-0.25, -0.2) is 4.79 Å². The second-order valence-corrected chi connectivity index (χ2v) is 5.13. The highest BCUT2D eigenvalue weighted by molar-refractivity contribution is 5.91. The first-order valence-electron chi connectivity index (χ1n) is 6.92. The summed E-state index contributed by atoms with van der Waals surface area (Å²) in [6.07, 6.45) is -4.65. The number of nitrogens with zero attached hydrogens (tertiary/aromatic N) is 1. The van der Waals surface area contributed by atoms with Gasteiger partial charge in [0.15, 0.2) is 0 Å². The first-order chi connectivity index (χ1) is 10.7. The van der Waals surface area contributed by atoms with Crippen LogP contribution in [0.1, 0.15) is 23.4 Å². The number of amides is 1. The Bertz CT molecular complexity index is 775. The summed E-state index contributed by atoms with van der Waals surface area (Å²) in [5.41, 5.74) is -0.154. The molecule has 2 N–H and O–H groups in total. The number of rotatable bonds is 4. The van der Waals surface area contributed by atoms with Crippen LogP contribution in [0.15, 0.2) is 29.1 Å². The van der Waals surface area contributed by atoms with E-state index in [0.29, 0.717) is 11.4 Å². The molecule has 2 aromatic rings. The van der Waals surface area contributed by atoms with Crippen LogP contribution >= 0.6 is 0 Å². The van der Waals surface area contributed by atoms with Crippen molar-refractivity contribution >= 4 is 11.6 Å². The normalized spacial score (nSPS) is 11.5. The number of para-hydroxylation sites is 1. The van der Waals surface area contributed by atoms with Crippen LogP contribution < -0.4 is 11.0 Å². The third-order valence-corrected chi connectivity index (χ3v) is 3.56. The SMILES string of the molecule is Cc1[nH]c(=O)n(CCC(=O)Nc2ccccc2C(F)(F)F)c1C. The first-order valence-corrected chi connectivity index (χ1v) is 6.92. The molecule has 0 spiro atoms. The van der Waals surface area contributed by atoms with Gasteiger partial charge in [-0.2, -0.15) is 13.2 Å². The van der Waals surface area contributed by atoms with E-state index in [0.717, 1.165) is 6.07 Å². The summed E-state index contributed by atoms with van der Waals surface area (Å²) < 4.78 is 40.0. The fraction of sp³-hybridized carbons (Fsp3) is 0.333. The van der Waals surface area contributed by atoms with Gasteiger partial charge in [0.05, 0.1) is 11.3 Å². The third-order valence-electron chi connectivity index (χ3n) is 3.56. The maximum absolute atomic E-state index is 12.9. The molecule has 1 amide bonds. The molecule has 0 aliphatic carbocycles. The van der Waals surface area contributed by atoms with Gasteiger partial charge in [0.25, 0.3) is 0 Å². The van der Waals surface area contributed by atoms with Crippen LogP contribution in [-0.2, 0) is 17.5 Å². The highest BCUT2D eigenvalue weighted by Crippen LogP contribution is 2.34. The minimum Gasteiger partial charge on any atom is -0.325 e. The lowest BCUT2D eigenvalue weighted by atomic mass is 10.1. The van der Waals surface area contributed by atoms with Gasteiger partial charge < -0.3 is 10.3 Å². The second-order valence-electron chi connectivity index (χ2n) is 5.13. The Kier molecular flexibility index (Phi) is 4.63. The van der Waals surface area contributed by atoms with E-state index in [1.165, 1.54) is 22.8 Å². The van der Waals surface area contributed by atoms with Crippen molar-refractivity contribution in [3.63, 3.8) is 0 Å². The molecule has 1 heterocycles. The molecular weight excluding hydrogens is 311 g/mol. The van der Waals surface area contributed by atoms with Crippen LogP contribution in [0.5, 0.6) is 0 Å². The van der Waals surface area contributed by atoms with Gasteiger partial charge in [-0.1, -0.05) is 12.1 Å². The van der Waals surface area contributed by atoms with Gasteiger partial charge in [0, 0.05) is 24.4 Å². The van der Waals surface area contributed by atoms with Crippen molar-refractivity contribution in [2.45, 2.75) is 33.0 Å². The number of hydrogen-bond donors (Lipinski definition) is 2. The van der Waals surface area contributed by atoms with Crippen molar-refractivity contribution in [1.29, 1.82) is 0 Å². The number of H-pyrrole nitrogens is 1. The van der Waals surface area contributed by atoms with E-state index in [1.807, 2.05) is 0 Å². The number of halogens is 3. The molecule has 0 fully saturated rings. The fourth-order valence-electron chi connectivity index (χ4n) is 2.21. The van der Waals surface area contributed by atoms with E-state index in [1.54, 1.807) is 13.8 Å². The Labute approximate surface area is 130 Å². The molecule has 0 bridgehead atoms. The highest BCUT2D eigenvalue weighted by Gasteiger charge is 2.33. The minimum absolute atomic E-state index is 0.0923. The second kappa shape index (κ2) is 6.31. The van der Waals surface area contributed by atoms with Gasteiger partial charge in [-0.15, -0.1) is 0 Å². The summed E-state index contributed by atoms with van der Waals surface area (Å²) in [5.74, 6) is -0.591. The first kappa shape index (κ1) is 16.9. The average Bonchev–Trinajstić information content (AvgIpc) is 2.69. The van der Waals surface area contributed by atoms with Gasteiger partial charge in [-0.3, -0.25) is 9.36 Å². The Hall–Kier alpha value is -2.51. The van der Waals surface area contributed by atoms with E-state index in [4.69, 9.17) is 0 Å². The molecule has 5 nitrogen and oxygen atoms in total. The summed E-state index contributed by atoms with van der Waals surface area (Å²) in [6, 6.07) is 4.76. The van der Waals surface area contributed by atoms with Gasteiger partial charge in [-0.05, 0) is 26.0 Å². The Morgan fingerprint density at radius 1 is 1.26 bits per heavy atom. The lowest BCUT2D eigenvalue weighted by Crippen LogP contribution is -2.22. The molecule has 1 aromatic heterocycles. The van der Waals surface area contributed by atoms with E-state index in [9.17, 15) is 22.8 Å². The molecule has 0 aliphatic rings. The lowest BCUT2D eigenvalue weighted by molar-refractivity contribution is -0.137. The predicted molar refractivity (Wildman–Crippen MR) is 79.2 cm³/mol. The van der Waals surface area contributed by atoms with Crippen LogP contribution in [0.3, 0.4) is 0 Å². The van der Waals surface area contributed by atoms with Crippen molar-refractivity contribution < 1.29 is 18.0 Å². The zero-order valence-electron chi connectivity index (χ0n) is 12.6. The number of alkyl halides is 3. The van der Waals surface area contributed by atoms with Crippen molar-refractivity contribution in [2.24, 2.45) is 0 Å². The molecular formula is C15H16F3N3O2. The third kappa shape index (κ3) is 3.82. The van der Waals surface area contributed by atoms with Crippen molar-refractivity contribution in [1.82, 2.24) is 9.55 Å². The van der Waals surface area contributed by atoms with Crippen LogP contribution in [0.4, 0.5) is 18.9 Å². The number of benzene rings is 1. The molecule has 2 rings (SSSR count). The lowest BCUT2D eigenvalue weighted by Gasteiger charge is -2.13. The Morgan fingerprint density at radius 2 is 1.91 bits per heavy atom. The Morgan fingerprint density at radius 3 is 2.48 bits per heavy atom. The summed E-state index contributed by atoms with van der Waals surface area (Å²) >= 11 is 0. The number of imidazole rings is 1. The summed E-state index contributed by atoms with van der Waals surface area (Å²) in [4.78, 5) is 26.1. The number of nitrogens with one attached hydrogen (secondary N) is 2. The number of aryl methyl sites for hydroxylation is 1. The van der Waals surface area contributed by atoms with E-state index < -0.39 is 17.6 Å². The standard InChI is InChI=1S/C15H16F3N3O2/c1-9-10(2)21(14(23)19-9)8-7-13(22)20-12-6-4-3-5-11(12)15(16,17)18/h3-6H,7-8H2,1-2H3,(H,19,23)(H,20,22). The number of carbonyl (C=O) groups excluding carboxylic acids is 1. The van der Waals surface area contributed by atoms with Crippen LogP contribution in [0.25, 0.3) is 0 Å². The zero-order valence-corrected chi connectivity index (χ0v) is 12.6. The number of anilines is 1. The summed E-state index contributed by atoms with van der Waals surface area (Å²) in [7, 11) is 0. The Balaban J connectivity index is 2.08. The van der Waals surface area contributed by atoms with Crippen LogP contribution in [0.2, 0.25) is 0 Å². The zero-order chi connectivity index (χ0) is 17.2. The molecule has 0 saturated carbocycles. The number of carbonyl (C=O) groups is 1. The molecule has 0 radical (unpaired) electrons. The van der Waals surface area contributed by atoms with Gasteiger partial charge in [0.1, 0.15) is 0 Å². The topological polar surface area (TPSA) is 66.9 Å². The van der Waals surface area contributed by atoms with E-state index >= 15 is 0 Å². The molecule has 0 aliphatic heterocycles. The number of aromatic amines is 1. The largest absolute Gasteiger partial charge is 0.418 e.